The number of carbonyl (C=O) groups excluding carboxylic acids is 1. The number of aromatic amines is 1. The van der Waals surface area contributed by atoms with Crippen LogP contribution in [0, 0.1) is 5.82 Å². The first kappa shape index (κ1) is 19.5. The Bertz CT molecular complexity index is 1020. The monoisotopic (exact) mass is 396 g/mol. The van der Waals surface area contributed by atoms with E-state index in [4.69, 9.17) is 4.74 Å². The number of amides is 1. The van der Waals surface area contributed by atoms with Gasteiger partial charge in [-0.15, -0.1) is 0 Å². The minimum Gasteiger partial charge on any atom is -0.366 e. The molecule has 1 saturated heterocycles. The highest BCUT2D eigenvalue weighted by Crippen LogP contribution is 2.20. The summed E-state index contributed by atoms with van der Waals surface area (Å²) >= 11 is 0. The normalized spacial score (nSPS) is 17.7. The number of H-pyrrole nitrogens is 1. The molecule has 2 heterocycles. The zero-order valence-corrected chi connectivity index (χ0v) is 16.6. The molecule has 152 valence electrons. The van der Waals surface area contributed by atoms with E-state index in [9.17, 15) is 9.18 Å². The van der Waals surface area contributed by atoms with Gasteiger partial charge in [-0.3, -0.25) is 9.69 Å². The highest BCUT2D eigenvalue weighted by atomic mass is 19.1. The zero-order valence-electron chi connectivity index (χ0n) is 16.6. The largest absolute Gasteiger partial charge is 0.366 e. The first-order valence-corrected chi connectivity index (χ1v) is 9.88. The van der Waals surface area contributed by atoms with Crippen LogP contribution in [0.3, 0.4) is 0 Å². The molecule has 0 spiro atoms. The van der Waals surface area contributed by atoms with Gasteiger partial charge in [-0.1, -0.05) is 18.2 Å². The molecule has 0 radical (unpaired) electrons. The molecule has 1 aliphatic rings. The van der Waals surface area contributed by atoms with Gasteiger partial charge in [0.25, 0.3) is 5.91 Å². The molecule has 0 aliphatic carbocycles. The average Bonchev–Trinajstić information content (AvgIpc) is 3.11. The molecule has 2 N–H and O–H groups in total. The number of nitrogens with one attached hydrogen (secondary N) is 2. The molecule has 6 nitrogen and oxygen atoms in total. The predicted molar refractivity (Wildman–Crippen MR) is 110 cm³/mol. The van der Waals surface area contributed by atoms with Crippen molar-refractivity contribution in [2.75, 3.05) is 25.0 Å². The zero-order chi connectivity index (χ0) is 20.4. The Hall–Kier alpha value is -2.77. The second kappa shape index (κ2) is 8.31. The molecule has 1 fully saturated rings. The summed E-state index contributed by atoms with van der Waals surface area (Å²) in [6.07, 6.45) is -0.107. The van der Waals surface area contributed by atoms with E-state index in [-0.39, 0.29) is 11.7 Å². The molecule has 2 aromatic carbocycles. The van der Waals surface area contributed by atoms with Gasteiger partial charge in [0, 0.05) is 31.2 Å². The van der Waals surface area contributed by atoms with Crippen LogP contribution in [0.15, 0.2) is 42.5 Å². The lowest BCUT2D eigenvalue weighted by Crippen LogP contribution is -2.50. The van der Waals surface area contributed by atoms with Crippen LogP contribution in [-0.2, 0) is 16.0 Å². The van der Waals surface area contributed by atoms with E-state index in [0.717, 1.165) is 17.6 Å². The van der Waals surface area contributed by atoms with Gasteiger partial charge in [-0.25, -0.2) is 9.37 Å². The molecule has 29 heavy (non-hydrogen) atoms. The standard InChI is InChI=1S/C22H25FN4O2/c1-14(2)27-9-10-29-20(13-27)22(28)24-16-7-8-18-19(12-16)26-21(25-18)11-15-5-3-4-6-17(15)23/h3-8,12,14,20H,9-11,13H2,1-2H3,(H,24,28)(H,25,26)/t20-/m0/s1. The van der Waals surface area contributed by atoms with Crippen molar-refractivity contribution in [3.05, 3.63) is 59.7 Å². The SMILES string of the molecule is CC(C)N1CCO[C@H](C(=O)Nc2ccc3nc(Cc4ccccc4F)[nH]c3c2)C1. The van der Waals surface area contributed by atoms with Crippen molar-refractivity contribution in [3.63, 3.8) is 0 Å². The number of hydrogen-bond acceptors (Lipinski definition) is 4. The lowest BCUT2D eigenvalue weighted by Gasteiger charge is -2.34. The van der Waals surface area contributed by atoms with Gasteiger partial charge in [0.15, 0.2) is 0 Å². The van der Waals surface area contributed by atoms with Gasteiger partial charge >= 0.3 is 0 Å². The number of ether oxygens (including phenoxy) is 1. The van der Waals surface area contributed by atoms with Crippen LogP contribution >= 0.6 is 0 Å². The Balaban J connectivity index is 1.46. The lowest BCUT2D eigenvalue weighted by atomic mass is 10.1. The van der Waals surface area contributed by atoms with E-state index in [0.29, 0.717) is 42.7 Å². The van der Waals surface area contributed by atoms with Crippen molar-refractivity contribution in [2.24, 2.45) is 0 Å². The van der Waals surface area contributed by atoms with Crippen molar-refractivity contribution in [1.29, 1.82) is 0 Å². The van der Waals surface area contributed by atoms with Crippen molar-refractivity contribution >= 4 is 22.6 Å². The molecule has 7 heteroatoms. The van der Waals surface area contributed by atoms with Crippen molar-refractivity contribution in [2.45, 2.75) is 32.4 Å². The molecule has 3 aromatic rings. The number of morpholine rings is 1. The molecular formula is C22H25FN4O2. The molecule has 1 amide bonds. The van der Waals surface area contributed by atoms with Gasteiger partial charge in [0.05, 0.1) is 17.6 Å². The van der Waals surface area contributed by atoms with E-state index < -0.39 is 6.10 Å². The van der Waals surface area contributed by atoms with Crippen LogP contribution in [0.1, 0.15) is 25.2 Å². The summed E-state index contributed by atoms with van der Waals surface area (Å²) in [5.41, 5.74) is 2.83. The van der Waals surface area contributed by atoms with Gasteiger partial charge in [-0.05, 0) is 43.7 Å². The fourth-order valence-corrected chi connectivity index (χ4v) is 3.57. The average molecular weight is 396 g/mol. The number of imidazole rings is 1. The minimum atomic E-state index is -0.486. The Morgan fingerprint density at radius 1 is 1.34 bits per heavy atom. The minimum absolute atomic E-state index is 0.152. The molecule has 1 atom stereocenters. The number of fused-ring (bicyclic) bond motifs is 1. The number of rotatable bonds is 5. The second-order valence-electron chi connectivity index (χ2n) is 7.62. The summed E-state index contributed by atoms with van der Waals surface area (Å²) in [6.45, 7) is 6.21. The summed E-state index contributed by atoms with van der Waals surface area (Å²) in [7, 11) is 0. The summed E-state index contributed by atoms with van der Waals surface area (Å²) in [6, 6.07) is 12.5. The van der Waals surface area contributed by atoms with Crippen LogP contribution in [0.4, 0.5) is 10.1 Å². The molecule has 0 bridgehead atoms. The highest BCUT2D eigenvalue weighted by Gasteiger charge is 2.27. The Morgan fingerprint density at radius 3 is 2.97 bits per heavy atom. The number of benzene rings is 2. The lowest BCUT2D eigenvalue weighted by molar-refractivity contribution is -0.133. The van der Waals surface area contributed by atoms with Gasteiger partial charge in [0.2, 0.25) is 0 Å². The van der Waals surface area contributed by atoms with E-state index in [1.807, 2.05) is 24.3 Å². The molecular weight excluding hydrogens is 371 g/mol. The third kappa shape index (κ3) is 4.46. The summed E-state index contributed by atoms with van der Waals surface area (Å²) in [5.74, 6) is 0.279. The number of carbonyl (C=O) groups is 1. The number of nitrogens with zero attached hydrogens (tertiary/aromatic N) is 2. The van der Waals surface area contributed by atoms with Crippen LogP contribution in [0.2, 0.25) is 0 Å². The predicted octanol–water partition coefficient (Wildman–Crippen LogP) is 3.34. The number of aromatic nitrogens is 2. The molecule has 1 aliphatic heterocycles. The van der Waals surface area contributed by atoms with Gasteiger partial charge in [0.1, 0.15) is 17.7 Å². The summed E-state index contributed by atoms with van der Waals surface area (Å²) in [5, 5.41) is 2.93. The number of anilines is 1. The third-order valence-electron chi connectivity index (χ3n) is 5.23. The fraction of sp³-hybridized carbons (Fsp3) is 0.364. The molecule has 4 rings (SSSR count). The first-order valence-electron chi connectivity index (χ1n) is 9.88. The first-order chi connectivity index (χ1) is 14.0. The molecule has 0 unspecified atom stereocenters. The smallest absolute Gasteiger partial charge is 0.254 e. The second-order valence-corrected chi connectivity index (χ2v) is 7.62. The van der Waals surface area contributed by atoms with Gasteiger partial charge in [-0.2, -0.15) is 0 Å². The third-order valence-corrected chi connectivity index (χ3v) is 5.23. The summed E-state index contributed by atoms with van der Waals surface area (Å²) in [4.78, 5) is 22.6. The fourth-order valence-electron chi connectivity index (χ4n) is 3.57. The van der Waals surface area contributed by atoms with E-state index in [1.165, 1.54) is 6.07 Å². The van der Waals surface area contributed by atoms with Crippen molar-refractivity contribution in [3.8, 4) is 0 Å². The van der Waals surface area contributed by atoms with Crippen LogP contribution in [0.5, 0.6) is 0 Å². The maximum absolute atomic E-state index is 13.9. The Kier molecular flexibility index (Phi) is 5.60. The maximum atomic E-state index is 13.9. The highest BCUT2D eigenvalue weighted by molar-refractivity contribution is 5.96. The summed E-state index contributed by atoms with van der Waals surface area (Å²) < 4.78 is 19.5. The number of hydrogen-bond donors (Lipinski definition) is 2. The van der Waals surface area contributed by atoms with E-state index in [1.54, 1.807) is 12.1 Å². The van der Waals surface area contributed by atoms with Crippen molar-refractivity contribution < 1.29 is 13.9 Å². The van der Waals surface area contributed by atoms with Crippen molar-refractivity contribution in [1.82, 2.24) is 14.9 Å². The Labute approximate surface area is 169 Å². The molecule has 1 aromatic heterocycles. The van der Waals surface area contributed by atoms with E-state index in [2.05, 4.69) is 34.0 Å². The molecule has 0 saturated carbocycles. The van der Waals surface area contributed by atoms with E-state index >= 15 is 0 Å². The van der Waals surface area contributed by atoms with Crippen LogP contribution in [-0.4, -0.2) is 52.6 Å². The van der Waals surface area contributed by atoms with Crippen LogP contribution < -0.4 is 5.32 Å². The quantitative estimate of drug-likeness (QED) is 0.694. The number of halogens is 1. The maximum Gasteiger partial charge on any atom is 0.254 e. The van der Waals surface area contributed by atoms with Crippen LogP contribution in [0.25, 0.3) is 11.0 Å². The van der Waals surface area contributed by atoms with Gasteiger partial charge < -0.3 is 15.0 Å². The topological polar surface area (TPSA) is 70.2 Å². The Morgan fingerprint density at radius 2 is 2.17 bits per heavy atom.